The van der Waals surface area contributed by atoms with Gasteiger partial charge in [0.05, 0.1) is 6.04 Å². The van der Waals surface area contributed by atoms with E-state index in [9.17, 15) is 0 Å². The zero-order valence-corrected chi connectivity index (χ0v) is 7.25. The third kappa shape index (κ3) is 3.33. The van der Waals surface area contributed by atoms with Gasteiger partial charge in [-0.15, -0.1) is 0 Å². The summed E-state index contributed by atoms with van der Waals surface area (Å²) in [6, 6.07) is 1.03. The Morgan fingerprint density at radius 3 is 3.00 bits per heavy atom. The predicted molar refractivity (Wildman–Crippen MR) is 49.2 cm³/mol. The van der Waals surface area contributed by atoms with E-state index in [0.29, 0.717) is 12.1 Å². The first-order chi connectivity index (χ1) is 5.29. The van der Waals surface area contributed by atoms with Gasteiger partial charge in [-0.25, -0.2) is 0 Å². The van der Waals surface area contributed by atoms with E-state index in [-0.39, 0.29) is 0 Å². The lowest BCUT2D eigenvalue weighted by Gasteiger charge is -2.15. The van der Waals surface area contributed by atoms with Crippen molar-refractivity contribution in [1.29, 1.82) is 0 Å². The van der Waals surface area contributed by atoms with Crippen LogP contribution in [-0.2, 0) is 0 Å². The van der Waals surface area contributed by atoms with E-state index in [4.69, 9.17) is 0 Å². The zero-order valence-electron chi connectivity index (χ0n) is 7.25. The second-order valence-electron chi connectivity index (χ2n) is 3.18. The van der Waals surface area contributed by atoms with Crippen molar-refractivity contribution in [2.45, 2.75) is 32.4 Å². The van der Waals surface area contributed by atoms with Gasteiger partial charge in [0, 0.05) is 18.8 Å². The first-order valence-electron chi connectivity index (χ1n) is 4.20. The molecular formula is C9H16N2. The van der Waals surface area contributed by atoms with Crippen molar-refractivity contribution in [2.75, 3.05) is 6.54 Å². The van der Waals surface area contributed by atoms with Crippen molar-refractivity contribution in [3.05, 3.63) is 12.2 Å². The summed E-state index contributed by atoms with van der Waals surface area (Å²) >= 11 is 0. The molecule has 0 fully saturated rings. The van der Waals surface area contributed by atoms with Crippen LogP contribution in [0.4, 0.5) is 0 Å². The van der Waals surface area contributed by atoms with Gasteiger partial charge in [-0.2, -0.15) is 0 Å². The number of nitrogens with one attached hydrogen (secondary N) is 1. The van der Waals surface area contributed by atoms with Crippen molar-refractivity contribution < 1.29 is 0 Å². The minimum absolute atomic E-state index is 0.461. The van der Waals surface area contributed by atoms with Crippen molar-refractivity contribution in [3.63, 3.8) is 0 Å². The van der Waals surface area contributed by atoms with E-state index in [2.05, 4.69) is 30.2 Å². The Hall–Kier alpha value is -0.630. The van der Waals surface area contributed by atoms with Gasteiger partial charge in [-0.05, 0) is 12.5 Å². The standard InChI is InChI=1S/C9H16N2/c1-8(2)11-7-9-5-3-4-6-10-9/h3-4,6,8-9,11H,5,7H2,1-2H3. The normalized spacial score (nSPS) is 23.0. The number of aliphatic imine (C=N–C) groups is 1. The van der Waals surface area contributed by atoms with E-state index >= 15 is 0 Å². The highest BCUT2D eigenvalue weighted by atomic mass is 14.9. The average molecular weight is 152 g/mol. The topological polar surface area (TPSA) is 24.4 Å². The molecule has 0 aliphatic carbocycles. The molecule has 11 heavy (non-hydrogen) atoms. The largest absolute Gasteiger partial charge is 0.312 e. The van der Waals surface area contributed by atoms with Gasteiger partial charge in [0.1, 0.15) is 0 Å². The smallest absolute Gasteiger partial charge is 0.0658 e. The summed E-state index contributed by atoms with van der Waals surface area (Å²) in [5.74, 6) is 0. The Bertz CT molecular complexity index is 159. The molecule has 1 aliphatic rings. The summed E-state index contributed by atoms with van der Waals surface area (Å²) in [6.07, 6.45) is 7.14. The van der Waals surface area contributed by atoms with E-state index in [1.54, 1.807) is 0 Å². The predicted octanol–water partition coefficient (Wildman–Crippen LogP) is 1.38. The molecule has 62 valence electrons. The molecule has 0 bridgehead atoms. The van der Waals surface area contributed by atoms with Gasteiger partial charge >= 0.3 is 0 Å². The fourth-order valence-corrected chi connectivity index (χ4v) is 1.04. The maximum atomic E-state index is 4.33. The van der Waals surface area contributed by atoms with Crippen molar-refractivity contribution in [3.8, 4) is 0 Å². The molecule has 0 saturated carbocycles. The van der Waals surface area contributed by atoms with Crippen LogP contribution in [0, 0.1) is 0 Å². The van der Waals surface area contributed by atoms with E-state index < -0.39 is 0 Å². The Morgan fingerprint density at radius 1 is 1.64 bits per heavy atom. The highest BCUT2D eigenvalue weighted by molar-refractivity contribution is 5.72. The first-order valence-corrected chi connectivity index (χ1v) is 4.20. The highest BCUT2D eigenvalue weighted by Gasteiger charge is 2.05. The van der Waals surface area contributed by atoms with Crippen LogP contribution in [0.1, 0.15) is 20.3 Å². The van der Waals surface area contributed by atoms with Crippen LogP contribution in [0.2, 0.25) is 0 Å². The Morgan fingerprint density at radius 2 is 2.45 bits per heavy atom. The fraction of sp³-hybridized carbons (Fsp3) is 0.667. The van der Waals surface area contributed by atoms with Crippen molar-refractivity contribution >= 4 is 6.21 Å². The number of rotatable bonds is 3. The summed E-state index contributed by atoms with van der Waals surface area (Å²) in [4.78, 5) is 4.33. The second kappa shape index (κ2) is 4.29. The number of hydrogen-bond acceptors (Lipinski definition) is 2. The number of dihydropyridines is 1. The molecule has 1 aliphatic heterocycles. The van der Waals surface area contributed by atoms with Gasteiger partial charge in [0.25, 0.3) is 0 Å². The minimum atomic E-state index is 0.461. The molecule has 2 nitrogen and oxygen atoms in total. The van der Waals surface area contributed by atoms with E-state index in [0.717, 1.165) is 13.0 Å². The molecule has 0 aromatic rings. The van der Waals surface area contributed by atoms with Gasteiger partial charge in [-0.3, -0.25) is 4.99 Å². The van der Waals surface area contributed by atoms with Gasteiger partial charge < -0.3 is 5.32 Å². The number of allylic oxidation sites excluding steroid dienone is 1. The molecule has 1 N–H and O–H groups in total. The maximum absolute atomic E-state index is 4.33. The van der Waals surface area contributed by atoms with Crippen molar-refractivity contribution in [1.82, 2.24) is 5.32 Å². The van der Waals surface area contributed by atoms with E-state index in [1.807, 2.05) is 12.3 Å². The molecule has 0 radical (unpaired) electrons. The fourth-order valence-electron chi connectivity index (χ4n) is 1.04. The summed E-state index contributed by atoms with van der Waals surface area (Å²) in [7, 11) is 0. The van der Waals surface area contributed by atoms with Gasteiger partial charge in [0.2, 0.25) is 0 Å². The van der Waals surface area contributed by atoms with Crippen LogP contribution < -0.4 is 5.32 Å². The lowest BCUT2D eigenvalue weighted by molar-refractivity contribution is 0.528. The Labute approximate surface area is 68.4 Å². The third-order valence-corrected chi connectivity index (χ3v) is 1.69. The summed E-state index contributed by atoms with van der Waals surface area (Å²) in [5.41, 5.74) is 0. The van der Waals surface area contributed by atoms with Crippen LogP contribution in [-0.4, -0.2) is 24.8 Å². The monoisotopic (exact) mass is 152 g/mol. The third-order valence-electron chi connectivity index (χ3n) is 1.69. The molecule has 0 saturated heterocycles. The minimum Gasteiger partial charge on any atom is -0.312 e. The molecule has 0 spiro atoms. The maximum Gasteiger partial charge on any atom is 0.0658 e. The van der Waals surface area contributed by atoms with Crippen LogP contribution in [0.3, 0.4) is 0 Å². The van der Waals surface area contributed by atoms with Crippen LogP contribution >= 0.6 is 0 Å². The molecular weight excluding hydrogens is 136 g/mol. The lowest BCUT2D eigenvalue weighted by atomic mass is 10.1. The molecule has 1 heterocycles. The van der Waals surface area contributed by atoms with Crippen LogP contribution in [0.15, 0.2) is 17.1 Å². The highest BCUT2D eigenvalue weighted by Crippen LogP contribution is 2.01. The average Bonchev–Trinajstić information content (AvgIpc) is 2.03. The quantitative estimate of drug-likeness (QED) is 0.649. The van der Waals surface area contributed by atoms with Crippen molar-refractivity contribution in [2.24, 2.45) is 4.99 Å². The van der Waals surface area contributed by atoms with Crippen LogP contribution in [0.5, 0.6) is 0 Å². The second-order valence-corrected chi connectivity index (χ2v) is 3.18. The molecule has 2 heteroatoms. The summed E-state index contributed by atoms with van der Waals surface area (Å²) in [6.45, 7) is 5.31. The first kappa shape index (κ1) is 8.47. The summed E-state index contributed by atoms with van der Waals surface area (Å²) < 4.78 is 0. The molecule has 0 aromatic carbocycles. The molecule has 1 unspecified atom stereocenters. The Kier molecular flexibility index (Phi) is 3.30. The Balaban J connectivity index is 2.17. The molecule has 1 rings (SSSR count). The molecule has 0 aromatic heterocycles. The number of hydrogen-bond donors (Lipinski definition) is 1. The SMILES string of the molecule is CC(C)NCC1CC=CC=N1. The molecule has 1 atom stereocenters. The van der Waals surface area contributed by atoms with Gasteiger partial charge in [-0.1, -0.05) is 19.9 Å². The van der Waals surface area contributed by atoms with Gasteiger partial charge in [0.15, 0.2) is 0 Å². The molecule has 0 amide bonds. The van der Waals surface area contributed by atoms with E-state index in [1.165, 1.54) is 0 Å². The lowest BCUT2D eigenvalue weighted by Crippen LogP contribution is -2.31. The zero-order chi connectivity index (χ0) is 8.10. The summed E-state index contributed by atoms with van der Waals surface area (Å²) in [5, 5.41) is 3.37. The van der Waals surface area contributed by atoms with Crippen LogP contribution in [0.25, 0.3) is 0 Å². The number of nitrogens with zero attached hydrogens (tertiary/aromatic N) is 1.